The molecule has 15 nitrogen and oxygen atoms in total. The molecule has 39 heavy (non-hydrogen) atoms. The number of nitrogens with zero attached hydrogens (tertiary/aromatic N) is 1. The van der Waals surface area contributed by atoms with Gasteiger partial charge in [-0.1, -0.05) is 0 Å². The van der Waals surface area contributed by atoms with Crippen molar-refractivity contribution >= 4 is 29.7 Å². The molecule has 1 fully saturated rings. The smallest absolute Gasteiger partial charge is 0.329 e. The molecule has 1 aliphatic rings. The number of rotatable bonds is 26. The van der Waals surface area contributed by atoms with Crippen molar-refractivity contribution in [1.29, 1.82) is 0 Å². The Morgan fingerprint density at radius 2 is 1.13 bits per heavy atom. The molecule has 0 bridgehead atoms. The summed E-state index contributed by atoms with van der Waals surface area (Å²) >= 11 is 0. The molecule has 0 spiro atoms. The molecule has 224 valence electrons. The van der Waals surface area contributed by atoms with E-state index in [1.807, 2.05) is 0 Å². The molecule has 1 unspecified atom stereocenters. The quantitative estimate of drug-likeness (QED) is 0.0860. The molecule has 1 rings (SSSR count). The van der Waals surface area contributed by atoms with Gasteiger partial charge in [0.25, 0.3) is 0 Å². The molecule has 3 N–H and O–H groups in total. The minimum Gasteiger partial charge on any atom is -0.481 e. The van der Waals surface area contributed by atoms with Gasteiger partial charge in [-0.25, -0.2) is 4.79 Å². The van der Waals surface area contributed by atoms with E-state index in [1.54, 1.807) is 0 Å². The van der Waals surface area contributed by atoms with Crippen LogP contribution in [0.1, 0.15) is 32.1 Å². The molecule has 1 heterocycles. The van der Waals surface area contributed by atoms with Crippen LogP contribution in [0.25, 0.3) is 0 Å². The molecule has 0 aromatic carbocycles. The minimum absolute atomic E-state index is 0.0202. The van der Waals surface area contributed by atoms with Gasteiger partial charge in [-0.2, -0.15) is 0 Å². The monoisotopic (exact) mass is 564 g/mol. The number of aliphatic carboxylic acids is 2. The van der Waals surface area contributed by atoms with Gasteiger partial charge >= 0.3 is 11.9 Å². The fourth-order valence-corrected chi connectivity index (χ4v) is 3.24. The summed E-state index contributed by atoms with van der Waals surface area (Å²) in [6.45, 7) is 3.70. The number of hydrogen-bond acceptors (Lipinski definition) is 11. The van der Waals surface area contributed by atoms with Gasteiger partial charge in [0.15, 0.2) is 6.04 Å². The molecule has 1 aliphatic heterocycles. The third-order valence-electron chi connectivity index (χ3n) is 5.19. The molecular formula is C24H40N2O13. The Labute approximate surface area is 227 Å². The normalized spacial score (nSPS) is 14.1. The number of amides is 3. The summed E-state index contributed by atoms with van der Waals surface area (Å²) in [5, 5.41) is 20.4. The van der Waals surface area contributed by atoms with Crippen LogP contribution in [0, 0.1) is 0 Å². The third kappa shape index (κ3) is 17.5. The highest BCUT2D eigenvalue weighted by Crippen LogP contribution is 2.16. The maximum Gasteiger partial charge on any atom is 0.329 e. The summed E-state index contributed by atoms with van der Waals surface area (Å²) in [5.41, 5.74) is 0. The molecular weight excluding hydrogens is 524 g/mol. The zero-order valence-electron chi connectivity index (χ0n) is 22.1. The summed E-state index contributed by atoms with van der Waals surface area (Å²) in [5.74, 6) is -3.42. The molecule has 0 aliphatic carbocycles. The fraction of sp³-hybridized carbons (Fsp3) is 0.792. The van der Waals surface area contributed by atoms with Crippen LogP contribution in [0.15, 0.2) is 0 Å². The summed E-state index contributed by atoms with van der Waals surface area (Å²) in [4.78, 5) is 57.3. The summed E-state index contributed by atoms with van der Waals surface area (Å²) in [7, 11) is 0. The van der Waals surface area contributed by atoms with Crippen molar-refractivity contribution in [3.05, 3.63) is 0 Å². The van der Waals surface area contributed by atoms with E-state index in [2.05, 4.69) is 5.32 Å². The second kappa shape index (κ2) is 22.2. The van der Waals surface area contributed by atoms with E-state index in [9.17, 15) is 29.1 Å². The van der Waals surface area contributed by atoms with Crippen LogP contribution in [-0.4, -0.2) is 137 Å². The average molecular weight is 565 g/mol. The first-order chi connectivity index (χ1) is 18.8. The van der Waals surface area contributed by atoms with Gasteiger partial charge < -0.3 is 44.0 Å². The van der Waals surface area contributed by atoms with E-state index in [0.29, 0.717) is 72.4 Å². The second-order valence-corrected chi connectivity index (χ2v) is 8.25. The first-order valence-corrected chi connectivity index (χ1v) is 12.9. The number of hydrogen-bond donors (Lipinski definition) is 3. The van der Waals surface area contributed by atoms with Crippen molar-refractivity contribution in [3.8, 4) is 0 Å². The predicted octanol–water partition coefficient (Wildman–Crippen LogP) is -0.941. The van der Waals surface area contributed by atoms with Crippen LogP contribution in [0.4, 0.5) is 0 Å². The average Bonchev–Trinajstić information content (AvgIpc) is 3.22. The van der Waals surface area contributed by atoms with Crippen LogP contribution in [-0.2, 0) is 52.4 Å². The largest absolute Gasteiger partial charge is 0.481 e. The minimum atomic E-state index is -1.33. The van der Waals surface area contributed by atoms with Crippen molar-refractivity contribution in [1.82, 2.24) is 10.2 Å². The molecule has 0 saturated carbocycles. The SMILES string of the molecule is O=C(O)CCCC(=O)NCCOCCOCCOCCOCCOCCOCC(C(=O)O)N1C(=O)CCC1=O. The lowest BCUT2D eigenvalue weighted by atomic mass is 10.2. The van der Waals surface area contributed by atoms with Gasteiger partial charge in [0.1, 0.15) is 0 Å². The maximum atomic E-state index is 11.7. The Bertz CT molecular complexity index is 734. The summed E-state index contributed by atoms with van der Waals surface area (Å²) in [6.07, 6.45) is 0.503. The van der Waals surface area contributed by atoms with Crippen molar-refractivity contribution < 1.29 is 62.6 Å². The Kier molecular flexibility index (Phi) is 19.5. The number of carboxylic acid groups (broad SMARTS) is 2. The summed E-state index contributed by atoms with van der Waals surface area (Å²) < 4.78 is 32.0. The molecule has 0 radical (unpaired) electrons. The zero-order valence-corrected chi connectivity index (χ0v) is 22.1. The van der Waals surface area contributed by atoms with Crippen LogP contribution in [0.2, 0.25) is 0 Å². The number of likely N-dealkylation sites (tertiary alicyclic amines) is 1. The molecule has 3 amide bonds. The Balaban J connectivity index is 1.80. The van der Waals surface area contributed by atoms with Crippen molar-refractivity contribution in [3.63, 3.8) is 0 Å². The lowest BCUT2D eigenvalue weighted by Crippen LogP contribution is -2.47. The molecule has 1 saturated heterocycles. The Morgan fingerprint density at radius 3 is 1.56 bits per heavy atom. The maximum absolute atomic E-state index is 11.7. The van der Waals surface area contributed by atoms with Gasteiger partial charge in [0.05, 0.1) is 79.3 Å². The fourth-order valence-electron chi connectivity index (χ4n) is 3.24. The summed E-state index contributed by atoms with van der Waals surface area (Å²) in [6, 6.07) is -1.33. The molecule has 1 atom stereocenters. The highest BCUT2D eigenvalue weighted by atomic mass is 16.6. The lowest BCUT2D eigenvalue weighted by molar-refractivity contribution is -0.157. The second-order valence-electron chi connectivity index (χ2n) is 8.25. The standard InChI is InChI=1S/C24H40N2O13/c27-20(2-1-3-23(30)31)25-6-7-34-8-9-35-10-11-36-12-13-37-14-15-38-16-17-39-18-19(24(32)33)26-21(28)4-5-22(26)29/h19H,1-18H2,(H,25,27)(H,30,31)(H,32,33). The lowest BCUT2D eigenvalue weighted by Gasteiger charge is -2.22. The van der Waals surface area contributed by atoms with Crippen molar-refractivity contribution in [2.45, 2.75) is 38.1 Å². The number of carbonyl (C=O) groups excluding carboxylic acids is 3. The third-order valence-corrected chi connectivity index (χ3v) is 5.19. The molecule has 15 heteroatoms. The number of imide groups is 1. The molecule has 0 aromatic rings. The first kappa shape index (κ1) is 34.3. The topological polar surface area (TPSA) is 196 Å². The van der Waals surface area contributed by atoms with Gasteiger partial charge in [0, 0.05) is 32.2 Å². The number of carbonyl (C=O) groups is 5. The van der Waals surface area contributed by atoms with Crippen LogP contribution >= 0.6 is 0 Å². The van der Waals surface area contributed by atoms with Crippen LogP contribution in [0.5, 0.6) is 0 Å². The van der Waals surface area contributed by atoms with E-state index in [-0.39, 0.29) is 51.4 Å². The van der Waals surface area contributed by atoms with Gasteiger partial charge in [-0.3, -0.25) is 24.1 Å². The van der Waals surface area contributed by atoms with E-state index in [1.165, 1.54) is 0 Å². The van der Waals surface area contributed by atoms with E-state index < -0.39 is 29.8 Å². The van der Waals surface area contributed by atoms with Gasteiger partial charge in [-0.15, -0.1) is 0 Å². The Morgan fingerprint density at radius 1 is 0.692 bits per heavy atom. The van der Waals surface area contributed by atoms with Crippen molar-refractivity contribution in [2.24, 2.45) is 0 Å². The Hall–Kier alpha value is -2.69. The van der Waals surface area contributed by atoms with Gasteiger partial charge in [-0.05, 0) is 6.42 Å². The van der Waals surface area contributed by atoms with Crippen LogP contribution in [0.3, 0.4) is 0 Å². The number of ether oxygens (including phenoxy) is 6. The first-order valence-electron chi connectivity index (χ1n) is 12.9. The highest BCUT2D eigenvalue weighted by Gasteiger charge is 2.38. The predicted molar refractivity (Wildman–Crippen MR) is 132 cm³/mol. The highest BCUT2D eigenvalue weighted by molar-refractivity contribution is 6.04. The zero-order chi connectivity index (χ0) is 28.7. The van der Waals surface area contributed by atoms with E-state index in [0.717, 1.165) is 4.90 Å². The number of nitrogens with one attached hydrogen (secondary N) is 1. The van der Waals surface area contributed by atoms with E-state index >= 15 is 0 Å². The van der Waals surface area contributed by atoms with Gasteiger partial charge in [0.2, 0.25) is 17.7 Å². The molecule has 0 aromatic heterocycles. The van der Waals surface area contributed by atoms with Crippen LogP contribution < -0.4 is 5.32 Å². The van der Waals surface area contributed by atoms with E-state index in [4.69, 9.17) is 33.5 Å². The van der Waals surface area contributed by atoms with Crippen molar-refractivity contribution in [2.75, 3.05) is 85.8 Å². The number of carboxylic acids is 2.